The largest absolute Gasteiger partial charge is 0.497 e. The van der Waals surface area contributed by atoms with Gasteiger partial charge in [0, 0.05) is 17.7 Å². The molecule has 4 nitrogen and oxygen atoms in total. The molecule has 0 fully saturated rings. The van der Waals surface area contributed by atoms with E-state index in [1.807, 2.05) is 54.6 Å². The van der Waals surface area contributed by atoms with E-state index >= 15 is 0 Å². The molecule has 1 heterocycles. The Hall–Kier alpha value is -3.53. The number of hydrogen-bond donors (Lipinski definition) is 2. The van der Waals surface area contributed by atoms with Crippen LogP contribution in [0.1, 0.15) is 35.9 Å². The molecule has 0 aromatic heterocycles. The monoisotopic (exact) mass is 396 g/mol. The van der Waals surface area contributed by atoms with Crippen LogP contribution >= 0.6 is 0 Å². The number of fused-ring (bicyclic) bond motifs is 1. The van der Waals surface area contributed by atoms with Crippen LogP contribution in [0.2, 0.25) is 0 Å². The Kier molecular flexibility index (Phi) is 4.75. The third-order valence-electron chi connectivity index (χ3n) is 6.03. The maximum Gasteiger partial charge on any atom is 0.163 e. The first-order chi connectivity index (χ1) is 14.7. The summed E-state index contributed by atoms with van der Waals surface area (Å²) in [4.78, 5) is 13.5. The Morgan fingerprint density at radius 3 is 2.23 bits per heavy atom. The first-order valence-electron chi connectivity index (χ1n) is 10.3. The zero-order valence-corrected chi connectivity index (χ0v) is 16.9. The molecule has 0 bridgehead atoms. The minimum Gasteiger partial charge on any atom is -0.497 e. The molecule has 3 aromatic rings. The molecule has 3 aromatic carbocycles. The van der Waals surface area contributed by atoms with Crippen molar-refractivity contribution in [2.24, 2.45) is 0 Å². The lowest BCUT2D eigenvalue weighted by atomic mass is 9.78. The van der Waals surface area contributed by atoms with Gasteiger partial charge in [-0.05, 0) is 47.7 Å². The molecule has 0 radical (unpaired) electrons. The van der Waals surface area contributed by atoms with Crippen LogP contribution in [0.25, 0.3) is 0 Å². The van der Waals surface area contributed by atoms with Crippen molar-refractivity contribution < 1.29 is 9.53 Å². The van der Waals surface area contributed by atoms with E-state index in [-0.39, 0.29) is 17.7 Å². The molecule has 1 aliphatic heterocycles. The lowest BCUT2D eigenvalue weighted by Gasteiger charge is -2.30. The summed E-state index contributed by atoms with van der Waals surface area (Å²) in [6, 6.07) is 26.2. The molecule has 150 valence electrons. The number of Topliss-reactive ketones (excluding diaryl/α,β-unsaturated/α-hetero) is 1. The Morgan fingerprint density at radius 1 is 0.800 bits per heavy atom. The number of carbonyl (C=O) groups is 1. The summed E-state index contributed by atoms with van der Waals surface area (Å²) in [6.45, 7) is 0. The Bertz CT molecular complexity index is 1100. The molecule has 0 saturated heterocycles. The number of hydrogen-bond acceptors (Lipinski definition) is 4. The van der Waals surface area contributed by atoms with Crippen LogP contribution < -0.4 is 15.4 Å². The van der Waals surface area contributed by atoms with Gasteiger partial charge in [-0.25, -0.2) is 0 Å². The van der Waals surface area contributed by atoms with E-state index in [4.69, 9.17) is 4.74 Å². The standard InChI is InChI=1S/C26H24N2O2/c1-30-20-13-11-18(12-14-20)26-25-23(27-21-9-5-6-10-22(21)28-26)15-19(16-24(25)29)17-7-3-2-4-8-17/h2-14,19,26-28H,15-16H2,1H3/t19-,26+/m1/s1. The van der Waals surface area contributed by atoms with E-state index in [0.717, 1.165) is 40.4 Å². The Morgan fingerprint density at radius 2 is 1.50 bits per heavy atom. The molecule has 2 atom stereocenters. The number of nitrogens with one attached hydrogen (secondary N) is 2. The molecule has 2 N–H and O–H groups in total. The average molecular weight is 396 g/mol. The van der Waals surface area contributed by atoms with E-state index in [2.05, 4.69) is 34.9 Å². The topological polar surface area (TPSA) is 50.4 Å². The highest BCUT2D eigenvalue weighted by atomic mass is 16.5. The highest BCUT2D eigenvalue weighted by molar-refractivity contribution is 6.01. The number of allylic oxidation sites excluding steroid dienone is 1. The summed E-state index contributed by atoms with van der Waals surface area (Å²) in [5.74, 6) is 1.18. The van der Waals surface area contributed by atoms with E-state index in [1.165, 1.54) is 5.56 Å². The predicted molar refractivity (Wildman–Crippen MR) is 120 cm³/mol. The second kappa shape index (κ2) is 7.71. The van der Waals surface area contributed by atoms with Crippen molar-refractivity contribution in [2.45, 2.75) is 24.8 Å². The van der Waals surface area contributed by atoms with Crippen molar-refractivity contribution in [3.8, 4) is 5.75 Å². The highest BCUT2D eigenvalue weighted by Gasteiger charge is 2.35. The summed E-state index contributed by atoms with van der Waals surface area (Å²) in [5, 5.41) is 7.20. The Balaban J connectivity index is 1.60. The molecule has 30 heavy (non-hydrogen) atoms. The molecule has 1 aliphatic carbocycles. The SMILES string of the molecule is COc1ccc([C@@H]2Nc3ccccc3NC3=C2C(=O)C[C@H](c2ccccc2)C3)cc1. The first-order valence-corrected chi connectivity index (χ1v) is 10.3. The second-order valence-corrected chi connectivity index (χ2v) is 7.85. The minimum atomic E-state index is -0.203. The lowest BCUT2D eigenvalue weighted by molar-refractivity contribution is -0.116. The quantitative estimate of drug-likeness (QED) is 0.598. The number of anilines is 2. The third-order valence-corrected chi connectivity index (χ3v) is 6.03. The summed E-state index contributed by atoms with van der Waals surface area (Å²) in [5.41, 5.74) is 6.11. The van der Waals surface area contributed by atoms with Crippen molar-refractivity contribution in [1.29, 1.82) is 0 Å². The molecule has 0 saturated carbocycles. The van der Waals surface area contributed by atoms with Gasteiger partial charge >= 0.3 is 0 Å². The van der Waals surface area contributed by atoms with Crippen LogP contribution in [0.5, 0.6) is 5.75 Å². The predicted octanol–water partition coefficient (Wildman–Crippen LogP) is 5.67. The fraction of sp³-hybridized carbons (Fsp3) is 0.192. The average Bonchev–Trinajstić information content (AvgIpc) is 2.96. The second-order valence-electron chi connectivity index (χ2n) is 7.85. The molecule has 5 rings (SSSR count). The van der Waals surface area contributed by atoms with Crippen molar-refractivity contribution >= 4 is 17.2 Å². The van der Waals surface area contributed by atoms with Gasteiger partial charge in [0.05, 0.1) is 24.5 Å². The van der Waals surface area contributed by atoms with Crippen molar-refractivity contribution in [3.05, 3.63) is 101 Å². The third kappa shape index (κ3) is 3.35. The lowest BCUT2D eigenvalue weighted by Crippen LogP contribution is -2.26. The molecular formula is C26H24N2O2. The van der Waals surface area contributed by atoms with Gasteiger partial charge in [-0.2, -0.15) is 0 Å². The smallest absolute Gasteiger partial charge is 0.163 e. The number of ether oxygens (including phenoxy) is 1. The molecule has 2 aliphatic rings. The van der Waals surface area contributed by atoms with Crippen LogP contribution in [0.3, 0.4) is 0 Å². The van der Waals surface area contributed by atoms with Crippen molar-refractivity contribution in [3.63, 3.8) is 0 Å². The maximum atomic E-state index is 13.5. The van der Waals surface area contributed by atoms with E-state index in [9.17, 15) is 4.79 Å². The maximum absolute atomic E-state index is 13.5. The van der Waals surface area contributed by atoms with Gasteiger partial charge in [0.2, 0.25) is 0 Å². The van der Waals surface area contributed by atoms with Gasteiger partial charge in [0.25, 0.3) is 0 Å². The summed E-state index contributed by atoms with van der Waals surface area (Å²) in [6.07, 6.45) is 1.34. The van der Waals surface area contributed by atoms with Gasteiger partial charge in [0.1, 0.15) is 5.75 Å². The van der Waals surface area contributed by atoms with Gasteiger partial charge < -0.3 is 15.4 Å². The van der Waals surface area contributed by atoms with Gasteiger partial charge in [-0.15, -0.1) is 0 Å². The van der Waals surface area contributed by atoms with E-state index in [1.54, 1.807) is 7.11 Å². The number of benzene rings is 3. The number of ketones is 1. The zero-order chi connectivity index (χ0) is 20.5. The highest BCUT2D eigenvalue weighted by Crippen LogP contribution is 2.44. The van der Waals surface area contributed by atoms with Crippen LogP contribution in [-0.4, -0.2) is 12.9 Å². The normalized spacial score (nSPS) is 20.4. The van der Waals surface area contributed by atoms with Crippen LogP contribution in [-0.2, 0) is 4.79 Å². The first kappa shape index (κ1) is 18.5. The number of carbonyl (C=O) groups excluding carboxylic acids is 1. The van der Waals surface area contributed by atoms with E-state index < -0.39 is 0 Å². The summed E-state index contributed by atoms with van der Waals surface area (Å²) >= 11 is 0. The minimum absolute atomic E-state index is 0.187. The van der Waals surface area contributed by atoms with Gasteiger partial charge in [-0.1, -0.05) is 54.6 Å². The van der Waals surface area contributed by atoms with Gasteiger partial charge in [0.15, 0.2) is 5.78 Å². The fourth-order valence-electron chi connectivity index (χ4n) is 4.50. The fourth-order valence-corrected chi connectivity index (χ4v) is 4.50. The summed E-state index contributed by atoms with van der Waals surface area (Å²) < 4.78 is 5.32. The van der Waals surface area contributed by atoms with Crippen molar-refractivity contribution in [2.75, 3.05) is 17.7 Å². The molecule has 4 heteroatoms. The molecular weight excluding hydrogens is 372 g/mol. The summed E-state index contributed by atoms with van der Waals surface area (Å²) in [7, 11) is 1.66. The molecule has 0 spiro atoms. The van der Waals surface area contributed by atoms with E-state index in [0.29, 0.717) is 6.42 Å². The number of rotatable bonds is 3. The van der Waals surface area contributed by atoms with Crippen LogP contribution in [0, 0.1) is 0 Å². The Labute approximate surface area is 176 Å². The van der Waals surface area contributed by atoms with Crippen LogP contribution in [0.15, 0.2) is 90.1 Å². The number of methoxy groups -OCH3 is 1. The molecule has 0 unspecified atom stereocenters. The van der Waals surface area contributed by atoms with Gasteiger partial charge in [-0.3, -0.25) is 4.79 Å². The number of para-hydroxylation sites is 2. The zero-order valence-electron chi connectivity index (χ0n) is 16.9. The van der Waals surface area contributed by atoms with Crippen molar-refractivity contribution in [1.82, 2.24) is 0 Å². The molecule has 0 amide bonds. The van der Waals surface area contributed by atoms with Crippen LogP contribution in [0.4, 0.5) is 11.4 Å².